The average Bonchev–Trinajstić information content (AvgIpc) is 3.06. The van der Waals surface area contributed by atoms with E-state index in [1.54, 1.807) is 24.3 Å². The van der Waals surface area contributed by atoms with Crippen molar-refractivity contribution in [3.8, 4) is 11.1 Å². The molecule has 0 bridgehead atoms. The van der Waals surface area contributed by atoms with Crippen LogP contribution < -0.4 is 10.2 Å². The van der Waals surface area contributed by atoms with Crippen molar-refractivity contribution < 1.29 is 23.1 Å². The van der Waals surface area contributed by atoms with Crippen molar-refractivity contribution in [3.05, 3.63) is 108 Å². The van der Waals surface area contributed by atoms with Gasteiger partial charge < -0.3 is 15.0 Å². The second-order valence-electron chi connectivity index (χ2n) is 11.4. The number of ether oxygens (including phenoxy) is 1. The van der Waals surface area contributed by atoms with Gasteiger partial charge in [0.2, 0.25) is 0 Å². The summed E-state index contributed by atoms with van der Waals surface area (Å²) < 4.78 is 33.7. The Hall–Kier alpha value is -4.26. The Morgan fingerprint density at radius 2 is 1.66 bits per heavy atom. The molecule has 0 saturated carbocycles. The molecule has 1 aliphatic carbocycles. The summed E-state index contributed by atoms with van der Waals surface area (Å²) in [6.07, 6.45) is 9.90. The lowest BCUT2D eigenvalue weighted by Gasteiger charge is -2.37. The van der Waals surface area contributed by atoms with Crippen LogP contribution in [0.2, 0.25) is 0 Å². The van der Waals surface area contributed by atoms with Crippen molar-refractivity contribution in [2.24, 2.45) is 11.8 Å². The minimum absolute atomic E-state index is 0.0346. The molecule has 0 aromatic heterocycles. The van der Waals surface area contributed by atoms with Gasteiger partial charge in [-0.2, -0.15) is 0 Å². The summed E-state index contributed by atoms with van der Waals surface area (Å²) >= 11 is 0. The van der Waals surface area contributed by atoms with Gasteiger partial charge in [0, 0.05) is 42.0 Å². The van der Waals surface area contributed by atoms with E-state index in [1.165, 1.54) is 19.1 Å². The summed E-state index contributed by atoms with van der Waals surface area (Å²) in [6.45, 7) is 5.36. The van der Waals surface area contributed by atoms with E-state index in [0.29, 0.717) is 29.0 Å². The Kier molecular flexibility index (Phi) is 9.93. The zero-order valence-electron chi connectivity index (χ0n) is 25.4. The van der Waals surface area contributed by atoms with Crippen LogP contribution in [0.1, 0.15) is 61.9 Å². The third kappa shape index (κ3) is 7.09. The van der Waals surface area contributed by atoms with Gasteiger partial charge in [0.1, 0.15) is 0 Å². The largest absolute Gasteiger partial charge is 0.466 e. The Morgan fingerprint density at radius 1 is 0.955 bits per heavy atom. The van der Waals surface area contributed by atoms with Crippen LogP contribution in [0.3, 0.4) is 0 Å². The zero-order valence-corrected chi connectivity index (χ0v) is 25.4. The predicted octanol–water partition coefficient (Wildman–Crippen LogP) is 8.78. The SMILES string of the molecule is CCOC(=O)C(C1=CCCC=C1)C1CCN(c2ccc(NC(=O)c3ccccc3-c3ccc(C(F)(F)CC)cc3)cc2)CC1. The molecule has 7 heteroatoms. The molecule has 2 aliphatic rings. The molecule has 0 radical (unpaired) electrons. The van der Waals surface area contributed by atoms with Gasteiger partial charge in [-0.15, -0.1) is 0 Å². The van der Waals surface area contributed by atoms with Crippen LogP contribution in [0.25, 0.3) is 11.1 Å². The molecule has 1 fully saturated rings. The lowest BCUT2D eigenvalue weighted by Crippen LogP contribution is -2.39. The van der Waals surface area contributed by atoms with E-state index in [-0.39, 0.29) is 35.7 Å². The number of anilines is 2. The lowest BCUT2D eigenvalue weighted by atomic mass is 9.78. The number of benzene rings is 3. The molecule has 1 unspecified atom stereocenters. The summed E-state index contributed by atoms with van der Waals surface area (Å²) in [5.74, 6) is -3.26. The fraction of sp³-hybridized carbons (Fsp3) is 0.351. The number of carbonyl (C=O) groups is 2. The van der Waals surface area contributed by atoms with Gasteiger partial charge in [-0.1, -0.05) is 67.6 Å². The van der Waals surface area contributed by atoms with E-state index in [2.05, 4.69) is 28.4 Å². The normalized spacial score (nSPS) is 16.3. The van der Waals surface area contributed by atoms with Crippen molar-refractivity contribution in [2.45, 2.75) is 51.9 Å². The number of hydrogen-bond acceptors (Lipinski definition) is 4. The number of nitrogens with zero attached hydrogens (tertiary/aromatic N) is 1. The van der Waals surface area contributed by atoms with Crippen LogP contribution in [0.4, 0.5) is 20.2 Å². The highest BCUT2D eigenvalue weighted by molar-refractivity contribution is 6.08. The smallest absolute Gasteiger partial charge is 0.313 e. The van der Waals surface area contributed by atoms with Crippen molar-refractivity contribution in [3.63, 3.8) is 0 Å². The van der Waals surface area contributed by atoms with E-state index in [0.717, 1.165) is 50.0 Å². The van der Waals surface area contributed by atoms with Crippen LogP contribution in [0, 0.1) is 11.8 Å². The number of nitrogens with one attached hydrogen (secondary N) is 1. The van der Waals surface area contributed by atoms with E-state index < -0.39 is 5.92 Å². The maximum Gasteiger partial charge on any atom is 0.313 e. The fourth-order valence-electron chi connectivity index (χ4n) is 6.17. The molecule has 1 atom stereocenters. The van der Waals surface area contributed by atoms with Gasteiger partial charge in [0.05, 0.1) is 12.5 Å². The van der Waals surface area contributed by atoms with Crippen LogP contribution >= 0.6 is 0 Å². The molecular weight excluding hydrogens is 558 g/mol. The van der Waals surface area contributed by atoms with E-state index in [9.17, 15) is 18.4 Å². The van der Waals surface area contributed by atoms with E-state index in [1.807, 2.05) is 43.3 Å². The Morgan fingerprint density at radius 3 is 2.30 bits per heavy atom. The highest BCUT2D eigenvalue weighted by Crippen LogP contribution is 2.36. The lowest BCUT2D eigenvalue weighted by molar-refractivity contribution is -0.148. The summed E-state index contributed by atoms with van der Waals surface area (Å²) in [5, 5.41) is 2.98. The zero-order chi connectivity index (χ0) is 31.1. The highest BCUT2D eigenvalue weighted by Gasteiger charge is 2.35. The molecule has 3 aromatic carbocycles. The minimum Gasteiger partial charge on any atom is -0.466 e. The highest BCUT2D eigenvalue weighted by atomic mass is 19.3. The van der Waals surface area contributed by atoms with Gasteiger partial charge in [-0.25, -0.2) is 8.78 Å². The van der Waals surface area contributed by atoms with Crippen LogP contribution in [-0.4, -0.2) is 31.6 Å². The number of piperidine rings is 1. The number of esters is 1. The first kappa shape index (κ1) is 31.2. The average molecular weight is 599 g/mol. The number of amides is 1. The minimum atomic E-state index is -2.88. The second kappa shape index (κ2) is 14.0. The third-order valence-corrected chi connectivity index (χ3v) is 8.66. The predicted molar refractivity (Wildman–Crippen MR) is 172 cm³/mol. The maximum atomic E-state index is 14.1. The number of hydrogen-bond donors (Lipinski definition) is 1. The first-order chi connectivity index (χ1) is 21.3. The molecule has 1 aliphatic heterocycles. The molecule has 5 nitrogen and oxygen atoms in total. The first-order valence-corrected chi connectivity index (χ1v) is 15.6. The number of halogens is 2. The summed E-state index contributed by atoms with van der Waals surface area (Å²) in [7, 11) is 0. The number of alkyl halides is 2. The maximum absolute atomic E-state index is 14.1. The third-order valence-electron chi connectivity index (χ3n) is 8.66. The summed E-state index contributed by atoms with van der Waals surface area (Å²) in [6, 6.07) is 21.1. The van der Waals surface area contributed by atoms with Crippen molar-refractivity contribution >= 4 is 23.3 Å². The van der Waals surface area contributed by atoms with E-state index in [4.69, 9.17) is 4.74 Å². The molecule has 3 aromatic rings. The van der Waals surface area contributed by atoms with Crippen molar-refractivity contribution in [1.29, 1.82) is 0 Å². The monoisotopic (exact) mass is 598 g/mol. The first-order valence-electron chi connectivity index (χ1n) is 15.6. The molecule has 1 saturated heterocycles. The Labute approximate surface area is 258 Å². The molecule has 1 N–H and O–H groups in total. The van der Waals surface area contributed by atoms with Crippen LogP contribution in [-0.2, 0) is 15.5 Å². The number of allylic oxidation sites excluding steroid dienone is 3. The fourth-order valence-corrected chi connectivity index (χ4v) is 6.17. The summed E-state index contributed by atoms with van der Waals surface area (Å²) in [5.41, 5.74) is 4.63. The molecule has 5 rings (SSSR count). The van der Waals surface area contributed by atoms with Crippen LogP contribution in [0.5, 0.6) is 0 Å². The summed E-state index contributed by atoms with van der Waals surface area (Å²) in [4.78, 5) is 28.5. The van der Waals surface area contributed by atoms with Gasteiger partial charge >= 0.3 is 5.97 Å². The Balaban J connectivity index is 1.22. The molecule has 1 heterocycles. The quantitative estimate of drug-likeness (QED) is 0.237. The van der Waals surface area contributed by atoms with Crippen molar-refractivity contribution in [2.75, 3.05) is 29.9 Å². The van der Waals surface area contributed by atoms with Gasteiger partial charge in [-0.3, -0.25) is 9.59 Å². The molecule has 0 spiro atoms. The van der Waals surface area contributed by atoms with E-state index >= 15 is 0 Å². The topological polar surface area (TPSA) is 58.6 Å². The van der Waals surface area contributed by atoms with Gasteiger partial charge in [-0.05, 0) is 85.6 Å². The van der Waals surface area contributed by atoms with Gasteiger partial charge in [0.25, 0.3) is 11.8 Å². The Bertz CT molecular complexity index is 1500. The molecule has 1 amide bonds. The number of rotatable bonds is 10. The second-order valence-corrected chi connectivity index (χ2v) is 11.4. The van der Waals surface area contributed by atoms with Crippen molar-refractivity contribution in [1.82, 2.24) is 0 Å². The van der Waals surface area contributed by atoms with Gasteiger partial charge in [0.15, 0.2) is 0 Å². The van der Waals surface area contributed by atoms with Crippen LogP contribution in [0.15, 0.2) is 96.6 Å². The molecule has 230 valence electrons. The molecule has 44 heavy (non-hydrogen) atoms. The standard InChI is InChI=1S/C37H40F2N2O3/c1-3-37(38,39)29-16-14-26(15-17-29)32-12-8-9-13-33(32)35(42)40-30-18-20-31(21-19-30)41-24-22-28(23-25-41)34(36(43)44-4-2)27-10-6-5-7-11-27/h6,8-21,28,34H,3-5,7,22-25H2,1-2H3,(H,40,42). The molecular formula is C37H40F2N2O3. The number of carbonyl (C=O) groups excluding carboxylic acids is 2.